The van der Waals surface area contributed by atoms with Crippen LogP contribution >= 0.6 is 11.8 Å². The van der Waals surface area contributed by atoms with Crippen molar-refractivity contribution in [2.24, 2.45) is 0 Å². The zero-order valence-electron chi connectivity index (χ0n) is 18.0. The number of carbonyl (C=O) groups excluding carboxylic acids is 1. The second kappa shape index (κ2) is 9.68. The molecule has 0 saturated carbocycles. The van der Waals surface area contributed by atoms with Crippen LogP contribution in [0.4, 0.5) is 5.69 Å². The number of nitrogens with one attached hydrogen (secondary N) is 1. The van der Waals surface area contributed by atoms with Crippen LogP contribution in [0.2, 0.25) is 0 Å². The van der Waals surface area contributed by atoms with Crippen molar-refractivity contribution in [2.45, 2.75) is 39.7 Å². The lowest BCUT2D eigenvalue weighted by atomic mass is 9.87. The van der Waals surface area contributed by atoms with Crippen molar-refractivity contribution < 1.29 is 9.53 Å². The molecule has 0 bridgehead atoms. The fourth-order valence-electron chi connectivity index (χ4n) is 3.38. The average Bonchev–Trinajstić information content (AvgIpc) is 2.70. The maximum absolute atomic E-state index is 12.5. The number of nitrogens with zero attached hydrogens (tertiary/aromatic N) is 1. The second-order valence-electron chi connectivity index (χ2n) is 8.59. The molecule has 1 saturated heterocycles. The van der Waals surface area contributed by atoms with E-state index in [0.29, 0.717) is 0 Å². The topological polar surface area (TPSA) is 41.6 Å². The predicted octanol–water partition coefficient (Wildman–Crippen LogP) is 4.86. The Kier molecular flexibility index (Phi) is 7.25. The third kappa shape index (κ3) is 6.25. The van der Waals surface area contributed by atoms with Gasteiger partial charge in [0.25, 0.3) is 5.91 Å². The van der Waals surface area contributed by atoms with Gasteiger partial charge >= 0.3 is 0 Å². The van der Waals surface area contributed by atoms with Gasteiger partial charge in [-0.1, -0.05) is 45.0 Å². The van der Waals surface area contributed by atoms with Gasteiger partial charge in [0.2, 0.25) is 0 Å². The first-order valence-electron chi connectivity index (χ1n) is 10.2. The standard InChI is InChI=1S/C24H32N2O2S/c1-18-19(16-26-11-13-29-14-12-26)7-5-10-22(18)25-23(27)17-28-21-9-6-8-20(15-21)24(2,3)4/h5-10,15H,11-14,16-17H2,1-4H3,(H,25,27). The van der Waals surface area contributed by atoms with Crippen molar-refractivity contribution in [1.29, 1.82) is 0 Å². The zero-order valence-corrected chi connectivity index (χ0v) is 18.8. The van der Waals surface area contributed by atoms with E-state index >= 15 is 0 Å². The van der Waals surface area contributed by atoms with E-state index in [1.807, 2.05) is 42.1 Å². The summed E-state index contributed by atoms with van der Waals surface area (Å²) in [6, 6.07) is 14.1. The number of hydrogen-bond acceptors (Lipinski definition) is 4. The molecule has 3 rings (SSSR count). The number of rotatable bonds is 6. The number of hydrogen-bond donors (Lipinski definition) is 1. The Morgan fingerprint density at radius 1 is 1.14 bits per heavy atom. The van der Waals surface area contributed by atoms with Gasteiger partial charge in [0, 0.05) is 36.8 Å². The van der Waals surface area contributed by atoms with Gasteiger partial charge in [-0.2, -0.15) is 11.8 Å². The molecule has 1 N–H and O–H groups in total. The van der Waals surface area contributed by atoms with Crippen molar-refractivity contribution in [3.63, 3.8) is 0 Å². The molecule has 4 nitrogen and oxygen atoms in total. The molecule has 0 aliphatic carbocycles. The molecule has 1 amide bonds. The van der Waals surface area contributed by atoms with Gasteiger partial charge in [-0.05, 0) is 47.2 Å². The first kappa shape index (κ1) is 21.7. The third-order valence-corrected chi connectivity index (χ3v) is 6.23. The van der Waals surface area contributed by atoms with Crippen LogP contribution in [0.5, 0.6) is 5.75 Å². The minimum Gasteiger partial charge on any atom is -0.484 e. The number of ether oxygens (including phenoxy) is 1. The van der Waals surface area contributed by atoms with E-state index in [2.05, 4.69) is 50.0 Å². The summed E-state index contributed by atoms with van der Waals surface area (Å²) in [5.41, 5.74) is 4.51. The predicted molar refractivity (Wildman–Crippen MR) is 123 cm³/mol. The minimum absolute atomic E-state index is 0.000607. The molecule has 1 fully saturated rings. The smallest absolute Gasteiger partial charge is 0.262 e. The Balaban J connectivity index is 1.58. The van der Waals surface area contributed by atoms with Gasteiger partial charge in [-0.25, -0.2) is 0 Å². The molecule has 5 heteroatoms. The third-order valence-electron chi connectivity index (χ3n) is 5.29. The number of anilines is 1. The van der Waals surface area contributed by atoms with E-state index in [0.717, 1.165) is 36.6 Å². The summed E-state index contributed by atoms with van der Waals surface area (Å²) in [5.74, 6) is 2.98. The van der Waals surface area contributed by atoms with E-state index in [1.165, 1.54) is 22.6 Å². The van der Waals surface area contributed by atoms with E-state index in [9.17, 15) is 4.79 Å². The van der Waals surface area contributed by atoms with Crippen LogP contribution in [-0.2, 0) is 16.8 Å². The molecule has 0 spiro atoms. The molecule has 2 aromatic rings. The summed E-state index contributed by atoms with van der Waals surface area (Å²) in [6.07, 6.45) is 0. The number of benzene rings is 2. The largest absolute Gasteiger partial charge is 0.484 e. The first-order valence-corrected chi connectivity index (χ1v) is 11.4. The van der Waals surface area contributed by atoms with Crippen molar-refractivity contribution in [3.8, 4) is 5.75 Å². The molecule has 0 unspecified atom stereocenters. The Morgan fingerprint density at radius 3 is 2.59 bits per heavy atom. The van der Waals surface area contributed by atoms with E-state index in [1.54, 1.807) is 0 Å². The summed E-state index contributed by atoms with van der Waals surface area (Å²) >= 11 is 2.02. The molecule has 29 heavy (non-hydrogen) atoms. The SMILES string of the molecule is Cc1c(CN2CCSCC2)cccc1NC(=O)COc1cccc(C(C)(C)C)c1. The Hall–Kier alpha value is -1.98. The van der Waals surface area contributed by atoms with Crippen molar-refractivity contribution in [2.75, 3.05) is 36.5 Å². The molecule has 1 heterocycles. The minimum atomic E-state index is -0.138. The van der Waals surface area contributed by atoms with Gasteiger partial charge in [-0.3, -0.25) is 9.69 Å². The lowest BCUT2D eigenvalue weighted by molar-refractivity contribution is -0.118. The quantitative estimate of drug-likeness (QED) is 0.736. The summed E-state index contributed by atoms with van der Waals surface area (Å²) in [4.78, 5) is 15.0. The molecule has 1 aliphatic heterocycles. The zero-order chi connectivity index (χ0) is 20.9. The first-order chi connectivity index (χ1) is 13.8. The molecule has 156 valence electrons. The molecule has 0 atom stereocenters. The second-order valence-corrected chi connectivity index (χ2v) is 9.82. The molecule has 1 aliphatic rings. The highest BCUT2D eigenvalue weighted by molar-refractivity contribution is 7.99. The van der Waals surface area contributed by atoms with Crippen molar-refractivity contribution >= 4 is 23.4 Å². The van der Waals surface area contributed by atoms with Crippen LogP contribution in [0.15, 0.2) is 42.5 Å². The summed E-state index contributed by atoms with van der Waals surface area (Å²) in [5, 5.41) is 3.02. The maximum Gasteiger partial charge on any atom is 0.262 e. The van der Waals surface area contributed by atoms with Gasteiger partial charge < -0.3 is 10.1 Å². The van der Waals surface area contributed by atoms with Gasteiger partial charge in [0.15, 0.2) is 6.61 Å². The Morgan fingerprint density at radius 2 is 1.86 bits per heavy atom. The maximum atomic E-state index is 12.5. The van der Waals surface area contributed by atoms with E-state index in [4.69, 9.17) is 4.74 Å². The van der Waals surface area contributed by atoms with E-state index in [-0.39, 0.29) is 17.9 Å². The highest BCUT2D eigenvalue weighted by Crippen LogP contribution is 2.26. The number of amides is 1. The van der Waals surface area contributed by atoms with E-state index < -0.39 is 0 Å². The van der Waals surface area contributed by atoms with Crippen LogP contribution in [0.25, 0.3) is 0 Å². The highest BCUT2D eigenvalue weighted by Gasteiger charge is 2.16. The number of thioether (sulfide) groups is 1. The summed E-state index contributed by atoms with van der Waals surface area (Å²) < 4.78 is 5.74. The Bertz CT molecular complexity index is 839. The summed E-state index contributed by atoms with van der Waals surface area (Å²) in [6.45, 7) is 11.8. The highest BCUT2D eigenvalue weighted by atomic mass is 32.2. The van der Waals surface area contributed by atoms with Crippen LogP contribution in [0.1, 0.15) is 37.5 Å². The molecule has 0 aromatic heterocycles. The fourth-order valence-corrected chi connectivity index (χ4v) is 4.36. The molecule has 2 aromatic carbocycles. The fraction of sp³-hybridized carbons (Fsp3) is 0.458. The Labute approximate surface area is 179 Å². The molecule has 0 radical (unpaired) electrons. The normalized spacial score (nSPS) is 15.2. The van der Waals surface area contributed by atoms with Crippen LogP contribution in [-0.4, -0.2) is 42.0 Å². The molecular weight excluding hydrogens is 380 g/mol. The van der Waals surface area contributed by atoms with Crippen molar-refractivity contribution in [3.05, 3.63) is 59.2 Å². The number of carbonyl (C=O) groups is 1. The molecular formula is C24H32N2O2S. The monoisotopic (exact) mass is 412 g/mol. The van der Waals surface area contributed by atoms with Crippen LogP contribution in [0.3, 0.4) is 0 Å². The van der Waals surface area contributed by atoms with Crippen LogP contribution in [0, 0.1) is 6.92 Å². The van der Waals surface area contributed by atoms with Crippen LogP contribution < -0.4 is 10.1 Å². The van der Waals surface area contributed by atoms with Gasteiger partial charge in [0.1, 0.15) is 5.75 Å². The van der Waals surface area contributed by atoms with Gasteiger partial charge in [-0.15, -0.1) is 0 Å². The van der Waals surface area contributed by atoms with Crippen molar-refractivity contribution in [1.82, 2.24) is 4.90 Å². The average molecular weight is 413 g/mol. The lowest BCUT2D eigenvalue weighted by Gasteiger charge is -2.27. The van der Waals surface area contributed by atoms with Gasteiger partial charge in [0.05, 0.1) is 0 Å². The summed E-state index contributed by atoms with van der Waals surface area (Å²) in [7, 11) is 0. The lowest BCUT2D eigenvalue weighted by Crippen LogP contribution is -2.32.